The molecule has 0 aromatic heterocycles. The largest absolute Gasteiger partial charge is 0.493 e. The standard InChI is InChI=1S/C14H14ClNO3/c1-3-18-13-6-5-12(15)8-10(13)7-11(9-16)14(17)19-4-2/h5-8H,3-4H2,1-2H3/b11-7+. The fraction of sp³-hybridized carbons (Fsp3) is 0.286. The zero-order valence-corrected chi connectivity index (χ0v) is 11.5. The van der Waals surface area contributed by atoms with Crippen molar-refractivity contribution in [3.63, 3.8) is 0 Å². The third-order valence-corrected chi connectivity index (χ3v) is 2.42. The maximum Gasteiger partial charge on any atom is 0.348 e. The first kappa shape index (κ1) is 15.1. The van der Waals surface area contributed by atoms with Crippen molar-refractivity contribution in [3.8, 4) is 11.8 Å². The van der Waals surface area contributed by atoms with E-state index in [1.54, 1.807) is 25.1 Å². The van der Waals surface area contributed by atoms with Crippen molar-refractivity contribution in [1.82, 2.24) is 0 Å². The first-order valence-electron chi connectivity index (χ1n) is 5.83. The van der Waals surface area contributed by atoms with Crippen molar-refractivity contribution in [3.05, 3.63) is 34.4 Å². The monoisotopic (exact) mass is 279 g/mol. The first-order valence-corrected chi connectivity index (χ1v) is 6.21. The van der Waals surface area contributed by atoms with Crippen LogP contribution in [0.25, 0.3) is 6.08 Å². The Kier molecular flexibility index (Phi) is 5.91. The average molecular weight is 280 g/mol. The van der Waals surface area contributed by atoms with E-state index in [4.69, 9.17) is 26.3 Å². The van der Waals surface area contributed by atoms with E-state index < -0.39 is 5.97 Å². The van der Waals surface area contributed by atoms with Gasteiger partial charge >= 0.3 is 5.97 Å². The summed E-state index contributed by atoms with van der Waals surface area (Å²) in [6.07, 6.45) is 1.41. The van der Waals surface area contributed by atoms with Crippen molar-refractivity contribution in [1.29, 1.82) is 5.26 Å². The summed E-state index contributed by atoms with van der Waals surface area (Å²) in [6.45, 7) is 4.21. The van der Waals surface area contributed by atoms with E-state index in [0.717, 1.165) is 0 Å². The molecule has 0 saturated carbocycles. The predicted molar refractivity (Wildman–Crippen MR) is 72.8 cm³/mol. The number of nitriles is 1. The molecule has 0 radical (unpaired) electrons. The molecule has 0 spiro atoms. The molecule has 0 atom stereocenters. The van der Waals surface area contributed by atoms with E-state index >= 15 is 0 Å². The molecule has 0 amide bonds. The molecule has 5 heteroatoms. The fourth-order valence-electron chi connectivity index (χ4n) is 1.42. The zero-order valence-electron chi connectivity index (χ0n) is 10.8. The summed E-state index contributed by atoms with van der Waals surface area (Å²) in [7, 11) is 0. The van der Waals surface area contributed by atoms with Crippen LogP contribution >= 0.6 is 11.6 Å². The van der Waals surface area contributed by atoms with Gasteiger partial charge in [0.15, 0.2) is 0 Å². The van der Waals surface area contributed by atoms with E-state index in [1.807, 2.05) is 13.0 Å². The highest BCUT2D eigenvalue weighted by Gasteiger charge is 2.12. The Labute approximate surface area is 117 Å². The molecule has 0 heterocycles. The maximum atomic E-state index is 11.5. The van der Waals surface area contributed by atoms with E-state index in [-0.39, 0.29) is 12.2 Å². The smallest absolute Gasteiger partial charge is 0.348 e. The van der Waals surface area contributed by atoms with Gasteiger partial charge in [-0.05, 0) is 38.1 Å². The number of nitrogens with zero attached hydrogens (tertiary/aromatic N) is 1. The summed E-state index contributed by atoms with van der Waals surface area (Å²) in [5.74, 6) is -0.101. The lowest BCUT2D eigenvalue weighted by atomic mass is 10.1. The van der Waals surface area contributed by atoms with E-state index in [2.05, 4.69) is 0 Å². The highest BCUT2D eigenvalue weighted by atomic mass is 35.5. The van der Waals surface area contributed by atoms with Crippen LogP contribution in [0.5, 0.6) is 5.75 Å². The molecule has 0 aliphatic rings. The predicted octanol–water partition coefficient (Wildman–Crippen LogP) is 3.21. The van der Waals surface area contributed by atoms with Gasteiger partial charge in [0.1, 0.15) is 17.4 Å². The molecular formula is C14H14ClNO3. The quantitative estimate of drug-likeness (QED) is 0.472. The molecular weight excluding hydrogens is 266 g/mol. The van der Waals surface area contributed by atoms with Gasteiger partial charge in [-0.25, -0.2) is 4.79 Å². The van der Waals surface area contributed by atoms with Crippen LogP contribution in [0.1, 0.15) is 19.4 Å². The third-order valence-electron chi connectivity index (χ3n) is 2.19. The molecule has 1 rings (SSSR count). The minimum atomic E-state index is -0.660. The second-order valence-electron chi connectivity index (χ2n) is 3.51. The third kappa shape index (κ3) is 4.31. The van der Waals surface area contributed by atoms with Gasteiger partial charge in [0.2, 0.25) is 0 Å². The normalized spacial score (nSPS) is 10.7. The van der Waals surface area contributed by atoms with Gasteiger partial charge in [0.05, 0.1) is 13.2 Å². The summed E-state index contributed by atoms with van der Waals surface area (Å²) < 4.78 is 10.2. The van der Waals surface area contributed by atoms with E-state index in [9.17, 15) is 4.79 Å². The molecule has 0 aliphatic heterocycles. The Morgan fingerprint density at radius 2 is 2.16 bits per heavy atom. The Morgan fingerprint density at radius 3 is 2.74 bits per heavy atom. The molecule has 4 nitrogen and oxygen atoms in total. The summed E-state index contributed by atoms with van der Waals surface area (Å²) in [5, 5.41) is 9.48. The van der Waals surface area contributed by atoms with Gasteiger partial charge in [-0.2, -0.15) is 5.26 Å². The summed E-state index contributed by atoms with van der Waals surface area (Å²) >= 11 is 5.90. The SMILES string of the molecule is CCOC(=O)/C(C#N)=C/c1cc(Cl)ccc1OCC. The van der Waals surface area contributed by atoms with Crippen LogP contribution in [-0.2, 0) is 9.53 Å². The van der Waals surface area contributed by atoms with Gasteiger partial charge in [-0.1, -0.05) is 11.6 Å². The van der Waals surface area contributed by atoms with Crippen molar-refractivity contribution in [2.24, 2.45) is 0 Å². The van der Waals surface area contributed by atoms with Crippen LogP contribution in [0.15, 0.2) is 23.8 Å². The molecule has 0 fully saturated rings. The molecule has 0 aliphatic carbocycles. The molecule has 0 bridgehead atoms. The number of hydrogen-bond donors (Lipinski definition) is 0. The minimum Gasteiger partial charge on any atom is -0.493 e. The number of rotatable bonds is 5. The second kappa shape index (κ2) is 7.45. The number of benzene rings is 1. The van der Waals surface area contributed by atoms with Crippen LogP contribution < -0.4 is 4.74 Å². The van der Waals surface area contributed by atoms with Gasteiger partial charge in [-0.15, -0.1) is 0 Å². The average Bonchev–Trinajstić information content (AvgIpc) is 2.39. The van der Waals surface area contributed by atoms with E-state index in [1.165, 1.54) is 6.08 Å². The van der Waals surface area contributed by atoms with Crippen LogP contribution in [0.3, 0.4) is 0 Å². The highest BCUT2D eigenvalue weighted by Crippen LogP contribution is 2.25. The second-order valence-corrected chi connectivity index (χ2v) is 3.94. The van der Waals surface area contributed by atoms with E-state index in [0.29, 0.717) is 22.9 Å². The Morgan fingerprint density at radius 1 is 1.42 bits per heavy atom. The number of esters is 1. The van der Waals surface area contributed by atoms with Crippen LogP contribution in [-0.4, -0.2) is 19.2 Å². The molecule has 0 N–H and O–H groups in total. The van der Waals surface area contributed by atoms with Gasteiger partial charge < -0.3 is 9.47 Å². The molecule has 1 aromatic rings. The molecule has 1 aromatic carbocycles. The first-order chi connectivity index (χ1) is 9.12. The summed E-state index contributed by atoms with van der Waals surface area (Å²) in [6, 6.07) is 6.81. The topological polar surface area (TPSA) is 59.3 Å². The van der Waals surface area contributed by atoms with Gasteiger partial charge in [0.25, 0.3) is 0 Å². The lowest BCUT2D eigenvalue weighted by molar-refractivity contribution is -0.137. The molecule has 19 heavy (non-hydrogen) atoms. The minimum absolute atomic E-state index is 0.0925. The summed E-state index contributed by atoms with van der Waals surface area (Å²) in [4.78, 5) is 11.5. The van der Waals surface area contributed by atoms with Gasteiger partial charge in [-0.3, -0.25) is 0 Å². The van der Waals surface area contributed by atoms with Crippen molar-refractivity contribution < 1.29 is 14.3 Å². The van der Waals surface area contributed by atoms with Gasteiger partial charge in [0, 0.05) is 10.6 Å². The Balaban J connectivity index is 3.17. The maximum absolute atomic E-state index is 11.5. The van der Waals surface area contributed by atoms with Crippen molar-refractivity contribution in [2.45, 2.75) is 13.8 Å². The number of ether oxygens (including phenoxy) is 2. The fourth-order valence-corrected chi connectivity index (χ4v) is 1.60. The number of halogens is 1. The van der Waals surface area contributed by atoms with Crippen LogP contribution in [0, 0.1) is 11.3 Å². The number of carbonyl (C=O) groups is 1. The summed E-state index contributed by atoms with van der Waals surface area (Å²) in [5.41, 5.74) is 0.476. The van der Waals surface area contributed by atoms with Crippen molar-refractivity contribution in [2.75, 3.05) is 13.2 Å². The van der Waals surface area contributed by atoms with Crippen LogP contribution in [0.2, 0.25) is 5.02 Å². The lowest BCUT2D eigenvalue weighted by Gasteiger charge is -2.08. The highest BCUT2D eigenvalue weighted by molar-refractivity contribution is 6.30. The van der Waals surface area contributed by atoms with Crippen molar-refractivity contribution >= 4 is 23.6 Å². The molecule has 100 valence electrons. The Hall–Kier alpha value is -1.99. The number of carbonyl (C=O) groups excluding carboxylic acids is 1. The lowest BCUT2D eigenvalue weighted by Crippen LogP contribution is -2.06. The van der Waals surface area contributed by atoms with Crippen LogP contribution in [0.4, 0.5) is 0 Å². The Bertz CT molecular complexity index is 532. The zero-order chi connectivity index (χ0) is 14.3. The molecule has 0 saturated heterocycles. The molecule has 0 unspecified atom stereocenters. The number of hydrogen-bond acceptors (Lipinski definition) is 4.